The lowest BCUT2D eigenvalue weighted by molar-refractivity contribution is 0.314. The molecule has 0 heterocycles. The second kappa shape index (κ2) is 8.85. The third kappa shape index (κ3) is 8.85. The molecule has 0 aromatic rings. The van der Waals surface area contributed by atoms with E-state index in [1.807, 2.05) is 39.9 Å². The monoisotopic (exact) mass is 279 g/mol. The average molecular weight is 279 g/mol. The zero-order chi connectivity index (χ0) is 14.2. The molecule has 18 heavy (non-hydrogen) atoms. The molecule has 0 saturated heterocycles. The van der Waals surface area contributed by atoms with Gasteiger partial charge in [0.25, 0.3) is 0 Å². The Bertz CT molecular complexity index is 302. The van der Waals surface area contributed by atoms with Gasteiger partial charge in [0.05, 0.1) is 5.75 Å². The van der Waals surface area contributed by atoms with Crippen molar-refractivity contribution in [2.45, 2.75) is 32.7 Å². The van der Waals surface area contributed by atoms with Gasteiger partial charge in [-0.3, -0.25) is 0 Å². The summed E-state index contributed by atoms with van der Waals surface area (Å²) in [5.74, 6) is 0.505. The minimum absolute atomic E-state index is 0.0192. The largest absolute Gasteiger partial charge is 0.320 e. The molecule has 6 heteroatoms. The summed E-state index contributed by atoms with van der Waals surface area (Å²) in [6, 6.07) is -0.0192. The molecule has 1 atom stereocenters. The summed E-state index contributed by atoms with van der Waals surface area (Å²) in [6.07, 6.45) is 1.58. The van der Waals surface area contributed by atoms with E-state index >= 15 is 0 Å². The molecular formula is C12H29N3O2S. The third-order valence-electron chi connectivity index (χ3n) is 2.79. The lowest BCUT2D eigenvalue weighted by atomic mass is 10.1. The maximum absolute atomic E-state index is 11.9. The van der Waals surface area contributed by atoms with Crippen molar-refractivity contribution in [2.75, 3.05) is 40.0 Å². The first-order valence-corrected chi connectivity index (χ1v) is 8.23. The fraction of sp³-hybridized carbons (Fsp3) is 1.00. The van der Waals surface area contributed by atoms with E-state index in [9.17, 15) is 8.42 Å². The van der Waals surface area contributed by atoms with E-state index in [1.54, 1.807) is 0 Å². The Hall–Kier alpha value is -0.170. The summed E-state index contributed by atoms with van der Waals surface area (Å²) in [4.78, 5) is 2.01. The minimum Gasteiger partial charge on any atom is -0.320 e. The molecule has 110 valence electrons. The zero-order valence-corrected chi connectivity index (χ0v) is 13.2. The summed E-state index contributed by atoms with van der Waals surface area (Å²) in [6.45, 7) is 5.67. The van der Waals surface area contributed by atoms with Crippen LogP contribution < -0.4 is 10.0 Å². The topological polar surface area (TPSA) is 61.4 Å². The fourth-order valence-electron chi connectivity index (χ4n) is 1.66. The number of hydrogen-bond donors (Lipinski definition) is 2. The maximum Gasteiger partial charge on any atom is 0.211 e. The molecule has 0 aliphatic heterocycles. The highest BCUT2D eigenvalue weighted by Gasteiger charge is 2.20. The van der Waals surface area contributed by atoms with Crippen LogP contribution in [0.2, 0.25) is 0 Å². The highest BCUT2D eigenvalue weighted by Crippen LogP contribution is 2.05. The highest BCUT2D eigenvalue weighted by atomic mass is 32.2. The molecule has 1 unspecified atom stereocenters. The summed E-state index contributed by atoms with van der Waals surface area (Å²) in [5, 5.41) is 3.02. The molecule has 0 spiro atoms. The Morgan fingerprint density at radius 2 is 1.78 bits per heavy atom. The Kier molecular flexibility index (Phi) is 8.77. The van der Waals surface area contributed by atoms with Crippen molar-refractivity contribution < 1.29 is 8.42 Å². The van der Waals surface area contributed by atoms with Gasteiger partial charge in [0, 0.05) is 12.6 Å². The van der Waals surface area contributed by atoms with Crippen molar-refractivity contribution in [1.82, 2.24) is 14.9 Å². The van der Waals surface area contributed by atoms with E-state index in [0.29, 0.717) is 12.3 Å². The normalized spacial score (nSPS) is 14.4. The van der Waals surface area contributed by atoms with Crippen molar-refractivity contribution in [3.8, 4) is 0 Å². The predicted octanol–water partition coefficient (Wildman–Crippen LogP) is 0.492. The Balaban J connectivity index is 4.24. The van der Waals surface area contributed by atoms with Gasteiger partial charge in [0.2, 0.25) is 10.0 Å². The van der Waals surface area contributed by atoms with Crippen LogP contribution in [0.3, 0.4) is 0 Å². The summed E-state index contributed by atoms with van der Waals surface area (Å²) >= 11 is 0. The first-order chi connectivity index (χ1) is 8.28. The van der Waals surface area contributed by atoms with Crippen LogP contribution in [0.5, 0.6) is 0 Å². The molecule has 5 nitrogen and oxygen atoms in total. The number of rotatable bonds is 10. The van der Waals surface area contributed by atoms with Crippen LogP contribution in [0, 0.1) is 5.92 Å². The van der Waals surface area contributed by atoms with Crippen LogP contribution in [-0.4, -0.2) is 59.3 Å². The van der Waals surface area contributed by atoms with E-state index in [1.165, 1.54) is 0 Å². The molecule has 2 N–H and O–H groups in total. The number of unbranched alkanes of at least 4 members (excludes halogenated alkanes) is 1. The van der Waals surface area contributed by atoms with Crippen molar-refractivity contribution >= 4 is 10.0 Å². The molecule has 0 fully saturated rings. The molecule has 0 saturated carbocycles. The summed E-state index contributed by atoms with van der Waals surface area (Å²) < 4.78 is 26.7. The Morgan fingerprint density at radius 3 is 2.22 bits per heavy atom. The Labute approximate surface area is 112 Å². The van der Waals surface area contributed by atoms with Gasteiger partial charge in [0.1, 0.15) is 0 Å². The van der Waals surface area contributed by atoms with E-state index in [2.05, 4.69) is 10.0 Å². The molecule has 0 amide bonds. The van der Waals surface area contributed by atoms with Gasteiger partial charge in [-0.05, 0) is 46.4 Å². The smallest absolute Gasteiger partial charge is 0.211 e. The molecular weight excluding hydrogens is 250 g/mol. The molecule has 0 aromatic carbocycles. The van der Waals surface area contributed by atoms with Gasteiger partial charge in [-0.1, -0.05) is 13.8 Å². The number of sulfonamides is 1. The van der Waals surface area contributed by atoms with Crippen LogP contribution in [0.15, 0.2) is 0 Å². The van der Waals surface area contributed by atoms with E-state index in [4.69, 9.17) is 0 Å². The van der Waals surface area contributed by atoms with Gasteiger partial charge >= 0.3 is 0 Å². The lowest BCUT2D eigenvalue weighted by Crippen LogP contribution is -2.45. The third-order valence-corrected chi connectivity index (χ3v) is 4.28. The van der Waals surface area contributed by atoms with Crippen LogP contribution in [0.1, 0.15) is 26.7 Å². The van der Waals surface area contributed by atoms with Crippen LogP contribution in [0.4, 0.5) is 0 Å². The standard InChI is InChI=1S/C12H29N3O2S/c1-11(2)12(10-15(4)5)14-18(16,17)9-7-6-8-13-3/h11-14H,6-10H2,1-5H3. The minimum atomic E-state index is -3.16. The van der Waals surface area contributed by atoms with E-state index < -0.39 is 10.0 Å². The highest BCUT2D eigenvalue weighted by molar-refractivity contribution is 7.89. The van der Waals surface area contributed by atoms with E-state index in [-0.39, 0.29) is 11.8 Å². The second-order valence-corrected chi connectivity index (χ2v) is 7.23. The number of hydrogen-bond acceptors (Lipinski definition) is 4. The van der Waals surface area contributed by atoms with Gasteiger partial charge in [-0.25, -0.2) is 13.1 Å². The number of likely N-dealkylation sites (N-methyl/N-ethyl adjacent to an activating group) is 1. The number of nitrogens with one attached hydrogen (secondary N) is 2. The summed E-state index contributed by atoms with van der Waals surface area (Å²) in [7, 11) is 2.63. The van der Waals surface area contributed by atoms with Gasteiger partial charge < -0.3 is 10.2 Å². The SMILES string of the molecule is CNCCCCS(=O)(=O)NC(CN(C)C)C(C)C. The zero-order valence-electron chi connectivity index (χ0n) is 12.4. The van der Waals surface area contributed by atoms with E-state index in [0.717, 1.165) is 19.5 Å². The predicted molar refractivity (Wildman–Crippen MR) is 77.3 cm³/mol. The Morgan fingerprint density at radius 1 is 1.17 bits per heavy atom. The molecule has 0 bridgehead atoms. The van der Waals surface area contributed by atoms with Crippen molar-refractivity contribution in [3.63, 3.8) is 0 Å². The molecule has 0 radical (unpaired) electrons. The molecule has 0 aliphatic rings. The van der Waals surface area contributed by atoms with Gasteiger partial charge in [-0.2, -0.15) is 0 Å². The van der Waals surface area contributed by atoms with Crippen molar-refractivity contribution in [2.24, 2.45) is 5.92 Å². The van der Waals surface area contributed by atoms with Crippen LogP contribution in [-0.2, 0) is 10.0 Å². The van der Waals surface area contributed by atoms with Crippen molar-refractivity contribution in [1.29, 1.82) is 0 Å². The molecule has 0 aliphatic carbocycles. The summed E-state index contributed by atoms with van der Waals surface area (Å²) in [5.41, 5.74) is 0. The van der Waals surface area contributed by atoms with Gasteiger partial charge in [0.15, 0.2) is 0 Å². The fourth-order valence-corrected chi connectivity index (χ4v) is 3.17. The average Bonchev–Trinajstić information content (AvgIpc) is 2.22. The first-order valence-electron chi connectivity index (χ1n) is 6.58. The van der Waals surface area contributed by atoms with Crippen LogP contribution in [0.25, 0.3) is 0 Å². The quantitative estimate of drug-likeness (QED) is 0.572. The maximum atomic E-state index is 11.9. The van der Waals surface area contributed by atoms with Crippen LogP contribution >= 0.6 is 0 Å². The van der Waals surface area contributed by atoms with Gasteiger partial charge in [-0.15, -0.1) is 0 Å². The first kappa shape index (κ1) is 17.8. The lowest BCUT2D eigenvalue weighted by Gasteiger charge is -2.25. The number of nitrogens with zero attached hydrogens (tertiary/aromatic N) is 1. The second-order valence-electron chi connectivity index (χ2n) is 5.36. The molecule has 0 rings (SSSR count). The van der Waals surface area contributed by atoms with Crippen molar-refractivity contribution in [3.05, 3.63) is 0 Å². The molecule has 0 aromatic heterocycles.